The van der Waals surface area contributed by atoms with Gasteiger partial charge in [-0.2, -0.15) is 0 Å². The molecule has 3 heteroatoms. The summed E-state index contributed by atoms with van der Waals surface area (Å²) in [5.74, 6) is 0. The maximum absolute atomic E-state index is 11.2. The van der Waals surface area contributed by atoms with E-state index in [1.807, 2.05) is 0 Å². The van der Waals surface area contributed by atoms with E-state index in [9.17, 15) is 4.79 Å². The van der Waals surface area contributed by atoms with Gasteiger partial charge in [-0.3, -0.25) is 9.79 Å². The van der Waals surface area contributed by atoms with Crippen LogP contribution in [0.5, 0.6) is 0 Å². The molecule has 2 heterocycles. The van der Waals surface area contributed by atoms with E-state index < -0.39 is 0 Å². The first-order valence-corrected chi connectivity index (χ1v) is 6.41. The molecule has 1 N–H and O–H groups in total. The standard InChI is InChI=1S/C15H22N2O/c1-14(2,3)9-7-16-13-11(15(4,5)6)10(8-18)17-12(9)13/h7-8,12,16H,1-6H3. The molecule has 0 bridgehead atoms. The van der Waals surface area contributed by atoms with Crippen LogP contribution in [0.1, 0.15) is 41.5 Å². The summed E-state index contributed by atoms with van der Waals surface area (Å²) in [6.45, 7) is 12.9. The number of hydrogen-bond donors (Lipinski definition) is 1. The van der Waals surface area contributed by atoms with Gasteiger partial charge in [-0.1, -0.05) is 41.5 Å². The minimum absolute atomic E-state index is 0.0134. The van der Waals surface area contributed by atoms with E-state index in [1.54, 1.807) is 0 Å². The Morgan fingerprint density at radius 1 is 1.17 bits per heavy atom. The smallest absolute Gasteiger partial charge is 0.168 e. The maximum atomic E-state index is 11.2. The van der Waals surface area contributed by atoms with E-state index in [2.05, 4.69) is 58.1 Å². The van der Waals surface area contributed by atoms with Gasteiger partial charge in [0, 0.05) is 11.8 Å². The number of aliphatic imine (C=N–C) groups is 1. The highest BCUT2D eigenvalue weighted by atomic mass is 16.1. The van der Waals surface area contributed by atoms with Crippen LogP contribution in [0.4, 0.5) is 0 Å². The molecule has 0 aromatic rings. The fourth-order valence-corrected chi connectivity index (χ4v) is 2.66. The molecule has 2 rings (SSSR count). The SMILES string of the molecule is CC(C)(C)C1=CNC2=C(C(C)(C)C)C(C=O)=NC12. The molecule has 2 aliphatic heterocycles. The quantitative estimate of drug-likeness (QED) is 0.723. The molecule has 18 heavy (non-hydrogen) atoms. The van der Waals surface area contributed by atoms with Crippen molar-refractivity contribution in [1.82, 2.24) is 5.32 Å². The Hall–Kier alpha value is -1.38. The van der Waals surface area contributed by atoms with Crippen LogP contribution in [-0.4, -0.2) is 18.0 Å². The summed E-state index contributed by atoms with van der Waals surface area (Å²) in [7, 11) is 0. The van der Waals surface area contributed by atoms with Gasteiger partial charge in [-0.05, 0) is 16.4 Å². The third kappa shape index (κ3) is 1.92. The van der Waals surface area contributed by atoms with Crippen molar-refractivity contribution in [2.75, 3.05) is 0 Å². The van der Waals surface area contributed by atoms with E-state index in [1.165, 1.54) is 5.57 Å². The van der Waals surface area contributed by atoms with Crippen molar-refractivity contribution in [2.45, 2.75) is 47.6 Å². The first-order chi connectivity index (χ1) is 8.16. The Labute approximate surface area is 109 Å². The molecule has 2 aliphatic rings. The fourth-order valence-electron chi connectivity index (χ4n) is 2.66. The van der Waals surface area contributed by atoms with Gasteiger partial charge in [0.1, 0.15) is 11.8 Å². The lowest BCUT2D eigenvalue weighted by molar-refractivity contribution is -0.102. The molecule has 0 spiro atoms. The Bertz CT molecular complexity index is 482. The number of nitrogens with zero attached hydrogens (tertiary/aromatic N) is 1. The summed E-state index contributed by atoms with van der Waals surface area (Å²) in [6, 6.07) is 0.0134. The molecule has 1 atom stereocenters. The van der Waals surface area contributed by atoms with Crippen molar-refractivity contribution in [3.8, 4) is 0 Å². The number of allylic oxidation sites excluding steroid dienone is 1. The van der Waals surface area contributed by atoms with Crippen LogP contribution in [0.15, 0.2) is 28.0 Å². The van der Waals surface area contributed by atoms with Crippen molar-refractivity contribution in [3.05, 3.63) is 23.0 Å². The predicted molar refractivity (Wildman–Crippen MR) is 74.4 cm³/mol. The van der Waals surface area contributed by atoms with Crippen molar-refractivity contribution in [1.29, 1.82) is 0 Å². The Morgan fingerprint density at radius 2 is 1.78 bits per heavy atom. The van der Waals surface area contributed by atoms with Gasteiger partial charge in [-0.25, -0.2) is 0 Å². The summed E-state index contributed by atoms with van der Waals surface area (Å²) in [6.07, 6.45) is 2.94. The second kappa shape index (κ2) is 3.81. The zero-order valence-corrected chi connectivity index (χ0v) is 12.1. The minimum Gasteiger partial charge on any atom is -0.363 e. The number of carbonyl (C=O) groups excluding carboxylic acids is 1. The van der Waals surface area contributed by atoms with E-state index in [-0.39, 0.29) is 16.9 Å². The molecule has 98 valence electrons. The average Bonchev–Trinajstić information content (AvgIpc) is 2.69. The topological polar surface area (TPSA) is 41.5 Å². The summed E-state index contributed by atoms with van der Waals surface area (Å²) in [4.78, 5) is 15.8. The van der Waals surface area contributed by atoms with Crippen molar-refractivity contribution in [2.24, 2.45) is 15.8 Å². The van der Waals surface area contributed by atoms with Crippen LogP contribution in [0.2, 0.25) is 0 Å². The van der Waals surface area contributed by atoms with Gasteiger partial charge in [0.2, 0.25) is 0 Å². The van der Waals surface area contributed by atoms with Crippen LogP contribution in [0.3, 0.4) is 0 Å². The highest BCUT2D eigenvalue weighted by molar-refractivity contribution is 6.37. The number of fused-ring (bicyclic) bond motifs is 1. The summed E-state index contributed by atoms with van der Waals surface area (Å²) >= 11 is 0. The largest absolute Gasteiger partial charge is 0.363 e. The zero-order chi connectivity index (χ0) is 13.7. The van der Waals surface area contributed by atoms with Gasteiger partial charge >= 0.3 is 0 Å². The number of nitrogens with one attached hydrogen (secondary N) is 1. The molecule has 0 radical (unpaired) electrons. The van der Waals surface area contributed by atoms with Gasteiger partial charge in [0.15, 0.2) is 6.29 Å². The predicted octanol–water partition coefficient (Wildman–Crippen LogP) is 2.84. The van der Waals surface area contributed by atoms with Crippen molar-refractivity contribution >= 4 is 12.0 Å². The first-order valence-electron chi connectivity index (χ1n) is 6.41. The molecule has 0 aromatic heterocycles. The lowest BCUT2D eigenvalue weighted by Crippen LogP contribution is -2.22. The molecular formula is C15H22N2O. The molecule has 0 aromatic carbocycles. The van der Waals surface area contributed by atoms with Crippen LogP contribution >= 0.6 is 0 Å². The lowest BCUT2D eigenvalue weighted by atomic mass is 9.80. The van der Waals surface area contributed by atoms with Gasteiger partial charge < -0.3 is 5.32 Å². The molecule has 0 aliphatic carbocycles. The molecule has 0 saturated carbocycles. The van der Waals surface area contributed by atoms with Crippen LogP contribution in [0.25, 0.3) is 0 Å². The van der Waals surface area contributed by atoms with Crippen molar-refractivity contribution < 1.29 is 4.79 Å². The van der Waals surface area contributed by atoms with Crippen LogP contribution in [0, 0.1) is 10.8 Å². The normalized spacial score (nSPS) is 23.6. The van der Waals surface area contributed by atoms with Crippen molar-refractivity contribution in [3.63, 3.8) is 0 Å². The summed E-state index contributed by atoms with van der Waals surface area (Å²) < 4.78 is 0. The number of hydrogen-bond acceptors (Lipinski definition) is 3. The summed E-state index contributed by atoms with van der Waals surface area (Å²) in [5, 5.41) is 3.34. The number of rotatable bonds is 1. The molecule has 3 nitrogen and oxygen atoms in total. The highest BCUT2D eigenvalue weighted by Crippen LogP contribution is 2.43. The van der Waals surface area contributed by atoms with Gasteiger partial charge in [0.05, 0.1) is 5.70 Å². The van der Waals surface area contributed by atoms with Crippen LogP contribution < -0.4 is 5.32 Å². The molecule has 0 fully saturated rings. The fraction of sp³-hybridized carbons (Fsp3) is 0.600. The zero-order valence-electron chi connectivity index (χ0n) is 12.1. The van der Waals surface area contributed by atoms with Crippen LogP contribution in [-0.2, 0) is 4.79 Å². The molecule has 0 amide bonds. The highest BCUT2D eigenvalue weighted by Gasteiger charge is 2.41. The lowest BCUT2D eigenvalue weighted by Gasteiger charge is -2.23. The van der Waals surface area contributed by atoms with E-state index in [4.69, 9.17) is 0 Å². The number of aldehydes is 1. The van der Waals surface area contributed by atoms with E-state index >= 15 is 0 Å². The third-order valence-corrected chi connectivity index (χ3v) is 3.47. The molecule has 0 saturated heterocycles. The number of carbonyl (C=O) groups is 1. The van der Waals surface area contributed by atoms with E-state index in [0.717, 1.165) is 17.6 Å². The Balaban J connectivity index is 2.50. The molecule has 1 unspecified atom stereocenters. The second-order valence-corrected chi connectivity index (χ2v) is 7.07. The summed E-state index contributed by atoms with van der Waals surface area (Å²) in [5.41, 5.74) is 3.98. The average molecular weight is 246 g/mol. The Kier molecular flexibility index (Phi) is 2.76. The second-order valence-electron chi connectivity index (χ2n) is 7.07. The monoisotopic (exact) mass is 246 g/mol. The first kappa shape index (κ1) is 13.1. The molecular weight excluding hydrogens is 224 g/mol. The van der Waals surface area contributed by atoms with E-state index in [0.29, 0.717) is 5.71 Å². The third-order valence-electron chi connectivity index (χ3n) is 3.47. The minimum atomic E-state index is -0.0714. The maximum Gasteiger partial charge on any atom is 0.168 e. The van der Waals surface area contributed by atoms with Gasteiger partial charge in [-0.15, -0.1) is 0 Å². The van der Waals surface area contributed by atoms with Gasteiger partial charge in [0.25, 0.3) is 0 Å². The Morgan fingerprint density at radius 3 is 2.22 bits per heavy atom.